The monoisotopic (exact) mass is 388 g/mol. The quantitative estimate of drug-likeness (QED) is 0.544. The number of hydrogen-bond acceptors (Lipinski definition) is 3. The number of rotatable bonds is 4. The molecule has 26 heavy (non-hydrogen) atoms. The molecular formula is C21H18Cl2O3. The molecule has 0 amide bonds. The van der Waals surface area contributed by atoms with Gasteiger partial charge < -0.3 is 15.3 Å². The standard InChI is InChI=1S/C21H18Cl2O3/c1-12-6-15(8-13-2-4-19(24)17(22)10-13)21(26)16(7-12)9-14-3-5-20(25)18(23)11-14/h2-7,10-11,24-26H,8-9H2,1H3. The van der Waals surface area contributed by atoms with Crippen LogP contribution in [0, 0.1) is 6.92 Å². The lowest BCUT2D eigenvalue weighted by Gasteiger charge is -2.13. The van der Waals surface area contributed by atoms with Crippen molar-refractivity contribution in [2.75, 3.05) is 0 Å². The highest BCUT2D eigenvalue weighted by Gasteiger charge is 2.12. The van der Waals surface area contributed by atoms with E-state index in [1.807, 2.05) is 19.1 Å². The topological polar surface area (TPSA) is 60.7 Å². The van der Waals surface area contributed by atoms with Crippen LogP contribution in [0.2, 0.25) is 10.0 Å². The molecule has 3 N–H and O–H groups in total. The van der Waals surface area contributed by atoms with Crippen LogP contribution >= 0.6 is 23.2 Å². The van der Waals surface area contributed by atoms with E-state index in [1.165, 1.54) is 0 Å². The van der Waals surface area contributed by atoms with Crippen LogP contribution < -0.4 is 0 Å². The van der Waals surface area contributed by atoms with E-state index in [0.29, 0.717) is 12.8 Å². The zero-order valence-electron chi connectivity index (χ0n) is 14.1. The van der Waals surface area contributed by atoms with Gasteiger partial charge in [-0.2, -0.15) is 0 Å². The number of benzene rings is 3. The molecule has 0 radical (unpaired) electrons. The fraction of sp³-hybridized carbons (Fsp3) is 0.143. The molecule has 134 valence electrons. The fourth-order valence-corrected chi connectivity index (χ4v) is 3.37. The summed E-state index contributed by atoms with van der Waals surface area (Å²) >= 11 is 11.9. The Kier molecular flexibility index (Phi) is 5.30. The van der Waals surface area contributed by atoms with Crippen LogP contribution in [0.5, 0.6) is 17.2 Å². The average molecular weight is 389 g/mol. The summed E-state index contributed by atoms with van der Waals surface area (Å²) < 4.78 is 0. The first kappa shape index (κ1) is 18.4. The van der Waals surface area contributed by atoms with Crippen molar-refractivity contribution in [3.05, 3.63) is 86.4 Å². The Morgan fingerprint density at radius 3 is 1.50 bits per heavy atom. The van der Waals surface area contributed by atoms with Gasteiger partial charge in [0.1, 0.15) is 17.2 Å². The van der Waals surface area contributed by atoms with Crippen molar-refractivity contribution in [2.24, 2.45) is 0 Å². The highest BCUT2D eigenvalue weighted by molar-refractivity contribution is 6.32. The minimum Gasteiger partial charge on any atom is -0.507 e. The molecular weight excluding hydrogens is 371 g/mol. The SMILES string of the molecule is Cc1cc(Cc2ccc(O)c(Cl)c2)c(O)c(Cc2ccc(O)c(Cl)c2)c1. The molecule has 0 aliphatic carbocycles. The Hall–Kier alpha value is -2.36. The molecule has 3 aromatic carbocycles. The van der Waals surface area contributed by atoms with Gasteiger partial charge in [0, 0.05) is 12.8 Å². The van der Waals surface area contributed by atoms with Crippen LogP contribution in [0.15, 0.2) is 48.5 Å². The van der Waals surface area contributed by atoms with Gasteiger partial charge in [0.25, 0.3) is 0 Å². The Labute approximate surface area is 162 Å². The predicted molar refractivity (Wildman–Crippen MR) is 105 cm³/mol. The Morgan fingerprint density at radius 1 is 0.692 bits per heavy atom. The number of aromatic hydroxyl groups is 3. The fourth-order valence-electron chi connectivity index (χ4n) is 2.96. The maximum atomic E-state index is 10.7. The summed E-state index contributed by atoms with van der Waals surface area (Å²) in [5.41, 5.74) is 4.39. The molecule has 3 aromatic rings. The third kappa shape index (κ3) is 4.06. The first-order valence-corrected chi connectivity index (χ1v) is 8.85. The van der Waals surface area contributed by atoms with Crippen LogP contribution in [0.25, 0.3) is 0 Å². The zero-order chi connectivity index (χ0) is 18.8. The molecule has 0 fully saturated rings. The smallest absolute Gasteiger partial charge is 0.134 e. The highest BCUT2D eigenvalue weighted by Crippen LogP contribution is 2.32. The van der Waals surface area contributed by atoms with E-state index in [0.717, 1.165) is 27.8 Å². The van der Waals surface area contributed by atoms with Gasteiger partial charge >= 0.3 is 0 Å². The van der Waals surface area contributed by atoms with Crippen molar-refractivity contribution < 1.29 is 15.3 Å². The van der Waals surface area contributed by atoms with Crippen molar-refractivity contribution >= 4 is 23.2 Å². The summed E-state index contributed by atoms with van der Waals surface area (Å²) in [5.74, 6) is 0.298. The van der Waals surface area contributed by atoms with Gasteiger partial charge in [-0.05, 0) is 53.4 Å². The minimum absolute atomic E-state index is 0.0359. The van der Waals surface area contributed by atoms with Crippen molar-refractivity contribution in [1.29, 1.82) is 0 Å². The van der Waals surface area contributed by atoms with Gasteiger partial charge in [0.2, 0.25) is 0 Å². The molecule has 0 heterocycles. The largest absolute Gasteiger partial charge is 0.507 e. The number of hydrogen-bond donors (Lipinski definition) is 3. The third-order valence-corrected chi connectivity index (χ3v) is 4.83. The summed E-state index contributed by atoms with van der Waals surface area (Å²) in [6.07, 6.45) is 0.994. The molecule has 0 atom stereocenters. The number of halogens is 2. The van der Waals surface area contributed by atoms with E-state index >= 15 is 0 Å². The van der Waals surface area contributed by atoms with Crippen molar-refractivity contribution in [2.45, 2.75) is 19.8 Å². The number of phenolic OH excluding ortho intramolecular Hbond substituents is 3. The second-order valence-corrected chi connectivity index (χ2v) is 7.17. The van der Waals surface area contributed by atoms with Crippen molar-refractivity contribution in [3.8, 4) is 17.2 Å². The van der Waals surface area contributed by atoms with E-state index in [4.69, 9.17) is 23.2 Å². The van der Waals surface area contributed by atoms with Gasteiger partial charge in [-0.1, -0.05) is 53.0 Å². The van der Waals surface area contributed by atoms with Gasteiger partial charge in [-0.15, -0.1) is 0 Å². The number of phenols is 3. The molecule has 3 nitrogen and oxygen atoms in total. The van der Waals surface area contributed by atoms with Crippen molar-refractivity contribution in [3.63, 3.8) is 0 Å². The molecule has 5 heteroatoms. The van der Waals surface area contributed by atoms with Crippen LogP contribution in [0.1, 0.15) is 27.8 Å². The maximum Gasteiger partial charge on any atom is 0.134 e. The first-order chi connectivity index (χ1) is 12.3. The summed E-state index contributed by atoms with van der Waals surface area (Å²) in [6, 6.07) is 13.9. The molecule has 0 saturated heterocycles. The van der Waals surface area contributed by atoms with Gasteiger partial charge in [0.15, 0.2) is 0 Å². The van der Waals surface area contributed by atoms with E-state index < -0.39 is 0 Å². The predicted octanol–water partition coefficient (Wildman–Crippen LogP) is 5.60. The molecule has 3 rings (SSSR count). The second-order valence-electron chi connectivity index (χ2n) is 6.36. The number of aryl methyl sites for hydroxylation is 1. The Bertz CT molecular complexity index is 893. The second kappa shape index (κ2) is 7.48. The average Bonchev–Trinajstić information content (AvgIpc) is 2.58. The van der Waals surface area contributed by atoms with Gasteiger partial charge in [-0.25, -0.2) is 0 Å². The molecule has 0 aromatic heterocycles. The highest BCUT2D eigenvalue weighted by atomic mass is 35.5. The van der Waals surface area contributed by atoms with Crippen molar-refractivity contribution in [1.82, 2.24) is 0 Å². The van der Waals surface area contributed by atoms with Crippen LogP contribution in [-0.4, -0.2) is 15.3 Å². The summed E-state index contributed by atoms with van der Waals surface area (Å²) in [6.45, 7) is 1.97. The van der Waals surface area contributed by atoms with E-state index in [1.54, 1.807) is 36.4 Å². The molecule has 0 aliphatic heterocycles. The minimum atomic E-state index is 0.0359. The molecule has 0 saturated carbocycles. The lowest BCUT2D eigenvalue weighted by Crippen LogP contribution is -1.96. The van der Waals surface area contributed by atoms with Gasteiger partial charge in [0.05, 0.1) is 10.0 Å². The summed E-state index contributed by atoms with van der Waals surface area (Å²) in [4.78, 5) is 0. The normalized spacial score (nSPS) is 10.9. The van der Waals surface area contributed by atoms with E-state index in [-0.39, 0.29) is 27.3 Å². The first-order valence-electron chi connectivity index (χ1n) is 8.09. The lowest BCUT2D eigenvalue weighted by atomic mass is 9.95. The summed E-state index contributed by atoms with van der Waals surface area (Å²) in [7, 11) is 0. The maximum absolute atomic E-state index is 10.7. The molecule has 0 bridgehead atoms. The zero-order valence-corrected chi connectivity index (χ0v) is 15.6. The summed E-state index contributed by atoms with van der Waals surface area (Å²) in [5, 5.41) is 30.4. The van der Waals surface area contributed by atoms with Crippen LogP contribution in [0.3, 0.4) is 0 Å². The lowest BCUT2D eigenvalue weighted by molar-refractivity contribution is 0.463. The van der Waals surface area contributed by atoms with E-state index in [9.17, 15) is 15.3 Å². The molecule has 0 unspecified atom stereocenters. The van der Waals surface area contributed by atoms with Crippen LogP contribution in [0.4, 0.5) is 0 Å². The Balaban J connectivity index is 1.92. The Morgan fingerprint density at radius 2 is 1.12 bits per heavy atom. The van der Waals surface area contributed by atoms with E-state index in [2.05, 4.69) is 0 Å². The third-order valence-electron chi connectivity index (χ3n) is 4.23. The van der Waals surface area contributed by atoms with Gasteiger partial charge in [-0.3, -0.25) is 0 Å². The van der Waals surface area contributed by atoms with Crippen LogP contribution in [-0.2, 0) is 12.8 Å². The molecule has 0 spiro atoms. The molecule has 0 aliphatic rings.